The molecule has 6 heteroatoms. The molecular weight excluding hydrogens is 246 g/mol. The van der Waals surface area contributed by atoms with Crippen molar-refractivity contribution in [1.82, 2.24) is 15.5 Å². The average Bonchev–Trinajstić information content (AvgIpc) is 2.91. The zero-order valence-corrected chi connectivity index (χ0v) is 12.4. The summed E-state index contributed by atoms with van der Waals surface area (Å²) in [4.78, 5) is 24.6. The molecule has 1 rings (SSSR count). The topological polar surface area (TPSA) is 70.7 Å². The molecule has 2 atom stereocenters. The fourth-order valence-electron chi connectivity index (χ4n) is 1.51. The maximum Gasteiger partial charge on any atom is 0.410 e. The summed E-state index contributed by atoms with van der Waals surface area (Å²) in [6.07, 6.45) is 0.663. The quantitative estimate of drug-likeness (QED) is 0.815. The van der Waals surface area contributed by atoms with E-state index in [0.717, 1.165) is 6.42 Å². The predicted octanol–water partition coefficient (Wildman–Crippen LogP) is 1.56. The molecule has 19 heavy (non-hydrogen) atoms. The lowest BCUT2D eigenvalue weighted by molar-refractivity contribution is 0.0301. The van der Waals surface area contributed by atoms with Gasteiger partial charge in [0.15, 0.2) is 0 Å². The molecular formula is C13H25N3O3. The van der Waals surface area contributed by atoms with Crippen LogP contribution in [0, 0.1) is 5.92 Å². The van der Waals surface area contributed by atoms with Crippen LogP contribution in [0.1, 0.15) is 34.1 Å². The summed E-state index contributed by atoms with van der Waals surface area (Å²) < 4.78 is 5.20. The van der Waals surface area contributed by atoms with Crippen molar-refractivity contribution in [2.24, 2.45) is 5.92 Å². The van der Waals surface area contributed by atoms with Crippen LogP contribution < -0.4 is 10.6 Å². The number of rotatable bonds is 4. The number of carbonyl (C=O) groups excluding carboxylic acids is 2. The Bertz CT molecular complexity index is 339. The van der Waals surface area contributed by atoms with Crippen molar-refractivity contribution < 1.29 is 14.3 Å². The third kappa shape index (κ3) is 6.31. The molecule has 0 saturated heterocycles. The van der Waals surface area contributed by atoms with Crippen molar-refractivity contribution in [1.29, 1.82) is 0 Å². The minimum absolute atomic E-state index is 0.174. The second kappa shape index (κ2) is 6.12. The zero-order valence-electron chi connectivity index (χ0n) is 12.4. The molecule has 1 fully saturated rings. The molecule has 0 spiro atoms. The Morgan fingerprint density at radius 3 is 2.42 bits per heavy atom. The summed E-state index contributed by atoms with van der Waals surface area (Å²) in [5.74, 6) is 0.579. The van der Waals surface area contributed by atoms with Crippen LogP contribution in [0.5, 0.6) is 0 Å². The van der Waals surface area contributed by atoms with Gasteiger partial charge in [0.1, 0.15) is 5.60 Å². The Morgan fingerprint density at radius 2 is 1.95 bits per heavy atom. The van der Waals surface area contributed by atoms with Crippen molar-refractivity contribution in [2.45, 2.75) is 45.8 Å². The fraction of sp³-hybridized carbons (Fsp3) is 0.846. The van der Waals surface area contributed by atoms with Crippen molar-refractivity contribution in [2.75, 3.05) is 20.1 Å². The van der Waals surface area contributed by atoms with Gasteiger partial charge >= 0.3 is 12.1 Å². The molecule has 0 heterocycles. The van der Waals surface area contributed by atoms with Gasteiger partial charge in [0.2, 0.25) is 0 Å². The van der Waals surface area contributed by atoms with Gasteiger partial charge in [-0.15, -0.1) is 0 Å². The molecule has 110 valence electrons. The standard InChI is InChI=1S/C13H25N3O3/c1-9-8-10(9)15-11(17)14-6-7-16(5)12(18)19-13(2,3)4/h9-10H,6-8H2,1-5H3,(H2,14,15,17). The summed E-state index contributed by atoms with van der Waals surface area (Å²) in [7, 11) is 1.65. The first-order valence-corrected chi connectivity index (χ1v) is 6.67. The van der Waals surface area contributed by atoms with Gasteiger partial charge in [0, 0.05) is 26.2 Å². The van der Waals surface area contributed by atoms with Crippen LogP contribution in [0.3, 0.4) is 0 Å². The lowest BCUT2D eigenvalue weighted by atomic mass is 10.2. The van der Waals surface area contributed by atoms with Crippen LogP contribution in [0.25, 0.3) is 0 Å². The Hall–Kier alpha value is -1.46. The highest BCUT2D eigenvalue weighted by Crippen LogP contribution is 2.28. The van der Waals surface area contributed by atoms with E-state index in [2.05, 4.69) is 17.6 Å². The van der Waals surface area contributed by atoms with Crippen LogP contribution in [0.15, 0.2) is 0 Å². The number of hydrogen-bond acceptors (Lipinski definition) is 3. The first-order valence-electron chi connectivity index (χ1n) is 6.67. The second-order valence-electron chi connectivity index (χ2n) is 6.12. The Labute approximate surface area is 114 Å². The fourth-order valence-corrected chi connectivity index (χ4v) is 1.51. The number of amides is 3. The van der Waals surface area contributed by atoms with Gasteiger partial charge < -0.3 is 20.3 Å². The molecule has 6 nitrogen and oxygen atoms in total. The number of urea groups is 1. The summed E-state index contributed by atoms with van der Waals surface area (Å²) in [6.45, 7) is 8.39. The van der Waals surface area contributed by atoms with Crippen LogP contribution >= 0.6 is 0 Å². The molecule has 1 aliphatic rings. The van der Waals surface area contributed by atoms with Gasteiger partial charge in [-0.25, -0.2) is 9.59 Å². The molecule has 1 aliphatic carbocycles. The van der Waals surface area contributed by atoms with Gasteiger partial charge in [-0.3, -0.25) is 0 Å². The number of carbonyl (C=O) groups is 2. The molecule has 0 aromatic heterocycles. The van der Waals surface area contributed by atoms with Crippen LogP contribution in [0.4, 0.5) is 9.59 Å². The third-order valence-corrected chi connectivity index (χ3v) is 2.86. The number of hydrogen-bond donors (Lipinski definition) is 2. The van der Waals surface area contributed by atoms with Crippen LogP contribution in [-0.2, 0) is 4.74 Å². The van der Waals surface area contributed by atoms with Gasteiger partial charge in [-0.1, -0.05) is 6.92 Å². The molecule has 2 N–H and O–H groups in total. The Morgan fingerprint density at radius 1 is 1.37 bits per heavy atom. The molecule has 1 saturated carbocycles. The summed E-state index contributed by atoms with van der Waals surface area (Å²) in [5, 5.41) is 5.58. The highest BCUT2D eigenvalue weighted by molar-refractivity contribution is 5.74. The largest absolute Gasteiger partial charge is 0.444 e. The maximum absolute atomic E-state index is 11.6. The highest BCUT2D eigenvalue weighted by atomic mass is 16.6. The lowest BCUT2D eigenvalue weighted by Crippen LogP contribution is -2.43. The van der Waals surface area contributed by atoms with Gasteiger partial charge in [-0.05, 0) is 33.1 Å². The molecule has 0 aromatic rings. The lowest BCUT2D eigenvalue weighted by Gasteiger charge is -2.24. The summed E-state index contributed by atoms with van der Waals surface area (Å²) in [6, 6.07) is 0.135. The Kier molecular flexibility index (Phi) is 5.03. The van der Waals surface area contributed by atoms with E-state index in [1.807, 2.05) is 20.8 Å². The molecule has 0 radical (unpaired) electrons. The minimum atomic E-state index is -0.502. The number of nitrogens with zero attached hydrogens (tertiary/aromatic N) is 1. The van der Waals surface area contributed by atoms with Gasteiger partial charge in [-0.2, -0.15) is 0 Å². The van der Waals surface area contributed by atoms with Crippen LogP contribution in [0.2, 0.25) is 0 Å². The molecule has 0 aromatic carbocycles. The van der Waals surface area contributed by atoms with E-state index < -0.39 is 5.60 Å². The second-order valence-corrected chi connectivity index (χ2v) is 6.12. The monoisotopic (exact) mass is 271 g/mol. The van der Waals surface area contributed by atoms with E-state index in [-0.39, 0.29) is 12.1 Å². The smallest absolute Gasteiger partial charge is 0.410 e. The van der Waals surface area contributed by atoms with Crippen molar-refractivity contribution >= 4 is 12.1 Å². The number of likely N-dealkylation sites (N-methyl/N-ethyl adjacent to an activating group) is 1. The summed E-state index contributed by atoms with van der Waals surface area (Å²) in [5.41, 5.74) is -0.502. The third-order valence-electron chi connectivity index (χ3n) is 2.86. The average molecular weight is 271 g/mol. The normalized spacial score (nSPS) is 21.5. The van der Waals surface area contributed by atoms with Crippen LogP contribution in [-0.4, -0.2) is 48.8 Å². The summed E-state index contributed by atoms with van der Waals surface area (Å²) >= 11 is 0. The first-order chi connectivity index (χ1) is 8.69. The van der Waals surface area contributed by atoms with E-state index in [4.69, 9.17) is 4.74 Å². The molecule has 0 bridgehead atoms. The van der Waals surface area contributed by atoms with E-state index in [0.29, 0.717) is 25.0 Å². The van der Waals surface area contributed by atoms with E-state index in [1.165, 1.54) is 4.90 Å². The highest BCUT2D eigenvalue weighted by Gasteiger charge is 2.33. The predicted molar refractivity (Wildman–Crippen MR) is 73.0 cm³/mol. The Balaban J connectivity index is 2.14. The molecule has 2 unspecified atom stereocenters. The zero-order chi connectivity index (χ0) is 14.6. The first kappa shape index (κ1) is 15.6. The van der Waals surface area contributed by atoms with Gasteiger partial charge in [0.05, 0.1) is 0 Å². The maximum atomic E-state index is 11.6. The minimum Gasteiger partial charge on any atom is -0.444 e. The van der Waals surface area contributed by atoms with E-state index >= 15 is 0 Å². The van der Waals surface area contributed by atoms with Gasteiger partial charge in [0.25, 0.3) is 0 Å². The number of nitrogens with one attached hydrogen (secondary N) is 2. The number of ether oxygens (including phenoxy) is 1. The van der Waals surface area contributed by atoms with E-state index in [9.17, 15) is 9.59 Å². The van der Waals surface area contributed by atoms with E-state index in [1.54, 1.807) is 7.05 Å². The molecule has 3 amide bonds. The van der Waals surface area contributed by atoms with Crippen molar-refractivity contribution in [3.05, 3.63) is 0 Å². The van der Waals surface area contributed by atoms with Crippen molar-refractivity contribution in [3.8, 4) is 0 Å². The molecule has 0 aliphatic heterocycles. The van der Waals surface area contributed by atoms with Crippen molar-refractivity contribution in [3.63, 3.8) is 0 Å². The SMILES string of the molecule is CC1CC1NC(=O)NCCN(C)C(=O)OC(C)(C)C.